The van der Waals surface area contributed by atoms with Crippen LogP contribution in [-0.2, 0) is 6.42 Å². The van der Waals surface area contributed by atoms with Crippen LogP contribution in [0.15, 0.2) is 24.3 Å². The van der Waals surface area contributed by atoms with E-state index in [1.54, 1.807) is 12.1 Å². The van der Waals surface area contributed by atoms with Gasteiger partial charge in [0.05, 0.1) is 5.60 Å². The largest absolute Gasteiger partial charge is 0.390 e. The summed E-state index contributed by atoms with van der Waals surface area (Å²) < 4.78 is 12.9. The van der Waals surface area contributed by atoms with Gasteiger partial charge in [-0.25, -0.2) is 4.39 Å². The highest BCUT2D eigenvalue weighted by atomic mass is 19.1. The summed E-state index contributed by atoms with van der Waals surface area (Å²) in [5, 5.41) is 10.7. The first-order valence-corrected chi connectivity index (χ1v) is 6.95. The molecule has 0 spiro atoms. The van der Waals surface area contributed by atoms with E-state index in [9.17, 15) is 9.50 Å². The van der Waals surface area contributed by atoms with Crippen LogP contribution in [0.2, 0.25) is 0 Å². The summed E-state index contributed by atoms with van der Waals surface area (Å²) in [6.07, 6.45) is 4.72. The molecule has 2 heteroatoms. The van der Waals surface area contributed by atoms with Gasteiger partial charge in [0.15, 0.2) is 0 Å². The molecule has 1 saturated carbocycles. The highest BCUT2D eigenvalue weighted by Gasteiger charge is 2.35. The standard InChI is InChI=1S/C16H23FO/c1-12(2)14-4-3-9-16(18,11-14)10-13-5-7-15(17)8-6-13/h5-8,12,14,18H,3-4,9-11H2,1-2H3. The van der Waals surface area contributed by atoms with Crippen molar-refractivity contribution in [2.45, 2.75) is 51.6 Å². The van der Waals surface area contributed by atoms with Crippen LogP contribution in [0, 0.1) is 17.7 Å². The molecule has 1 fully saturated rings. The third-order valence-corrected chi connectivity index (χ3v) is 4.25. The molecule has 2 atom stereocenters. The van der Waals surface area contributed by atoms with Crippen LogP contribution in [0.4, 0.5) is 4.39 Å². The minimum atomic E-state index is -0.592. The fourth-order valence-electron chi connectivity index (χ4n) is 3.10. The van der Waals surface area contributed by atoms with Gasteiger partial charge in [0.1, 0.15) is 5.82 Å². The molecule has 0 radical (unpaired) electrons. The first kappa shape index (κ1) is 13.5. The van der Waals surface area contributed by atoms with Crippen LogP contribution in [0.25, 0.3) is 0 Å². The predicted molar refractivity (Wildman–Crippen MR) is 71.8 cm³/mol. The number of aliphatic hydroxyl groups is 1. The Morgan fingerprint density at radius 1 is 1.33 bits per heavy atom. The summed E-state index contributed by atoms with van der Waals surface area (Å²) in [4.78, 5) is 0. The molecule has 0 saturated heterocycles. The quantitative estimate of drug-likeness (QED) is 0.861. The highest BCUT2D eigenvalue weighted by Crippen LogP contribution is 2.38. The van der Waals surface area contributed by atoms with E-state index in [2.05, 4.69) is 13.8 Å². The second-order valence-corrected chi connectivity index (χ2v) is 6.13. The number of hydrogen-bond donors (Lipinski definition) is 1. The smallest absolute Gasteiger partial charge is 0.123 e. The summed E-state index contributed by atoms with van der Waals surface area (Å²) in [6, 6.07) is 6.52. The lowest BCUT2D eigenvalue weighted by molar-refractivity contribution is -0.0239. The lowest BCUT2D eigenvalue weighted by Crippen LogP contribution is -2.38. The van der Waals surface area contributed by atoms with Crippen molar-refractivity contribution in [2.75, 3.05) is 0 Å². The average molecular weight is 250 g/mol. The number of hydrogen-bond acceptors (Lipinski definition) is 1. The average Bonchev–Trinajstić information content (AvgIpc) is 2.32. The van der Waals surface area contributed by atoms with Crippen molar-refractivity contribution in [3.05, 3.63) is 35.6 Å². The van der Waals surface area contributed by atoms with Crippen molar-refractivity contribution in [3.63, 3.8) is 0 Å². The molecular weight excluding hydrogens is 227 g/mol. The molecule has 1 aliphatic carbocycles. The fourth-order valence-corrected chi connectivity index (χ4v) is 3.10. The first-order chi connectivity index (χ1) is 8.48. The van der Waals surface area contributed by atoms with Crippen LogP contribution < -0.4 is 0 Å². The van der Waals surface area contributed by atoms with Gasteiger partial charge in [-0.2, -0.15) is 0 Å². The molecule has 0 heterocycles. The van der Waals surface area contributed by atoms with Crippen LogP contribution in [-0.4, -0.2) is 10.7 Å². The predicted octanol–water partition coefficient (Wildman–Crippen LogP) is 3.95. The molecule has 1 aromatic carbocycles. The Kier molecular flexibility index (Phi) is 4.06. The van der Waals surface area contributed by atoms with E-state index in [1.165, 1.54) is 18.6 Å². The molecule has 1 N–H and O–H groups in total. The fraction of sp³-hybridized carbons (Fsp3) is 0.625. The minimum absolute atomic E-state index is 0.213. The van der Waals surface area contributed by atoms with Gasteiger partial charge in [-0.15, -0.1) is 0 Å². The van der Waals surface area contributed by atoms with Crippen LogP contribution in [0.5, 0.6) is 0 Å². The third-order valence-electron chi connectivity index (χ3n) is 4.25. The first-order valence-electron chi connectivity index (χ1n) is 6.95. The van der Waals surface area contributed by atoms with E-state index in [4.69, 9.17) is 0 Å². The zero-order chi connectivity index (χ0) is 13.2. The molecule has 0 amide bonds. The van der Waals surface area contributed by atoms with Crippen LogP contribution in [0.3, 0.4) is 0 Å². The second-order valence-electron chi connectivity index (χ2n) is 6.13. The number of halogens is 1. The molecule has 0 aliphatic heterocycles. The normalized spacial score (nSPS) is 28.6. The Morgan fingerprint density at radius 2 is 2.00 bits per heavy atom. The topological polar surface area (TPSA) is 20.2 Å². The van der Waals surface area contributed by atoms with Crippen molar-refractivity contribution < 1.29 is 9.50 Å². The molecule has 2 rings (SSSR count). The maximum absolute atomic E-state index is 12.9. The zero-order valence-electron chi connectivity index (χ0n) is 11.3. The molecule has 1 aliphatic rings. The van der Waals surface area contributed by atoms with Crippen molar-refractivity contribution in [1.82, 2.24) is 0 Å². The Bertz CT molecular complexity index is 385. The number of benzene rings is 1. The molecule has 100 valence electrons. The van der Waals surface area contributed by atoms with Gasteiger partial charge in [-0.1, -0.05) is 32.4 Å². The minimum Gasteiger partial charge on any atom is -0.390 e. The molecular formula is C16H23FO. The van der Waals surface area contributed by atoms with E-state index in [-0.39, 0.29) is 5.82 Å². The zero-order valence-corrected chi connectivity index (χ0v) is 11.3. The van der Waals surface area contributed by atoms with E-state index >= 15 is 0 Å². The monoisotopic (exact) mass is 250 g/mol. The molecule has 0 bridgehead atoms. The Morgan fingerprint density at radius 3 is 2.61 bits per heavy atom. The van der Waals surface area contributed by atoms with Gasteiger partial charge in [0.25, 0.3) is 0 Å². The van der Waals surface area contributed by atoms with Gasteiger partial charge >= 0.3 is 0 Å². The summed E-state index contributed by atoms with van der Waals surface area (Å²) in [7, 11) is 0. The Hall–Kier alpha value is -0.890. The van der Waals surface area contributed by atoms with Crippen molar-refractivity contribution in [3.8, 4) is 0 Å². The summed E-state index contributed by atoms with van der Waals surface area (Å²) in [5.41, 5.74) is 0.439. The van der Waals surface area contributed by atoms with Crippen molar-refractivity contribution in [2.24, 2.45) is 11.8 Å². The Balaban J connectivity index is 2.04. The second kappa shape index (κ2) is 5.40. The lowest BCUT2D eigenvalue weighted by Gasteiger charge is -2.38. The number of rotatable bonds is 3. The summed E-state index contributed by atoms with van der Waals surface area (Å²) in [5.74, 6) is 1.03. The van der Waals surface area contributed by atoms with Gasteiger partial charge < -0.3 is 5.11 Å². The molecule has 1 nitrogen and oxygen atoms in total. The highest BCUT2D eigenvalue weighted by molar-refractivity contribution is 5.18. The van der Waals surface area contributed by atoms with Crippen LogP contribution >= 0.6 is 0 Å². The third kappa shape index (κ3) is 3.32. The molecule has 18 heavy (non-hydrogen) atoms. The van der Waals surface area contributed by atoms with Gasteiger partial charge in [-0.05, 0) is 48.8 Å². The SMILES string of the molecule is CC(C)C1CCCC(O)(Cc2ccc(F)cc2)C1. The van der Waals surface area contributed by atoms with E-state index < -0.39 is 5.60 Å². The maximum Gasteiger partial charge on any atom is 0.123 e. The summed E-state index contributed by atoms with van der Waals surface area (Å²) >= 11 is 0. The van der Waals surface area contributed by atoms with Crippen molar-refractivity contribution >= 4 is 0 Å². The van der Waals surface area contributed by atoms with E-state index in [0.717, 1.165) is 24.8 Å². The van der Waals surface area contributed by atoms with Gasteiger partial charge in [-0.3, -0.25) is 0 Å². The lowest BCUT2D eigenvalue weighted by atomic mass is 9.71. The van der Waals surface area contributed by atoms with E-state index in [0.29, 0.717) is 18.3 Å². The van der Waals surface area contributed by atoms with E-state index in [1.807, 2.05) is 0 Å². The van der Waals surface area contributed by atoms with Crippen LogP contribution in [0.1, 0.15) is 45.1 Å². The Labute approximate surface area is 109 Å². The van der Waals surface area contributed by atoms with Crippen molar-refractivity contribution in [1.29, 1.82) is 0 Å². The van der Waals surface area contributed by atoms with Gasteiger partial charge in [0, 0.05) is 6.42 Å². The molecule has 2 unspecified atom stereocenters. The molecule has 1 aromatic rings. The maximum atomic E-state index is 12.9. The summed E-state index contributed by atoms with van der Waals surface area (Å²) in [6.45, 7) is 4.46. The van der Waals surface area contributed by atoms with Gasteiger partial charge in [0.2, 0.25) is 0 Å². The molecule has 0 aromatic heterocycles.